The molecule has 1 heteroatoms. The van der Waals surface area contributed by atoms with Crippen molar-refractivity contribution in [1.82, 2.24) is 5.32 Å². The van der Waals surface area contributed by atoms with Crippen LogP contribution in [0.3, 0.4) is 0 Å². The predicted octanol–water partition coefficient (Wildman–Crippen LogP) is 3.84. The Morgan fingerprint density at radius 3 is 2.00 bits per heavy atom. The van der Waals surface area contributed by atoms with E-state index in [1.807, 2.05) is 13.8 Å². The SMILES string of the molecule is CC.CC(C)NC1CCC(C)C(C)C1. The Labute approximate surface area is 90.7 Å². The molecule has 0 aliphatic heterocycles. The van der Waals surface area contributed by atoms with Crippen molar-refractivity contribution in [2.24, 2.45) is 11.8 Å². The van der Waals surface area contributed by atoms with Crippen LogP contribution in [0.15, 0.2) is 0 Å². The third-order valence-electron chi connectivity index (χ3n) is 3.17. The van der Waals surface area contributed by atoms with Gasteiger partial charge in [0.25, 0.3) is 0 Å². The van der Waals surface area contributed by atoms with Gasteiger partial charge in [0, 0.05) is 12.1 Å². The smallest absolute Gasteiger partial charge is 0.00721 e. The van der Waals surface area contributed by atoms with E-state index in [1.54, 1.807) is 0 Å². The molecule has 14 heavy (non-hydrogen) atoms. The van der Waals surface area contributed by atoms with Crippen LogP contribution in [0.4, 0.5) is 0 Å². The van der Waals surface area contributed by atoms with Gasteiger partial charge in [0.2, 0.25) is 0 Å². The van der Waals surface area contributed by atoms with Gasteiger partial charge in [0.1, 0.15) is 0 Å². The van der Waals surface area contributed by atoms with Crippen molar-refractivity contribution in [1.29, 1.82) is 0 Å². The average molecular weight is 199 g/mol. The van der Waals surface area contributed by atoms with Gasteiger partial charge < -0.3 is 5.32 Å². The molecule has 86 valence electrons. The standard InChI is InChI=1S/C11H23N.C2H6/c1-8(2)12-11-6-5-9(3)10(4)7-11;1-2/h8-12H,5-7H2,1-4H3;1-2H3. The lowest BCUT2D eigenvalue weighted by molar-refractivity contribution is 0.219. The number of hydrogen-bond donors (Lipinski definition) is 1. The number of rotatable bonds is 2. The molecule has 0 aromatic carbocycles. The zero-order valence-corrected chi connectivity index (χ0v) is 10.9. The van der Waals surface area contributed by atoms with Crippen molar-refractivity contribution in [3.63, 3.8) is 0 Å². The summed E-state index contributed by atoms with van der Waals surface area (Å²) in [5.41, 5.74) is 0. The first kappa shape index (κ1) is 14.0. The summed E-state index contributed by atoms with van der Waals surface area (Å²) in [6, 6.07) is 1.44. The Balaban J connectivity index is 0.000000791. The minimum Gasteiger partial charge on any atom is -0.312 e. The van der Waals surface area contributed by atoms with Crippen molar-refractivity contribution in [2.45, 2.75) is 72.9 Å². The van der Waals surface area contributed by atoms with Crippen LogP contribution in [-0.4, -0.2) is 12.1 Å². The Bertz CT molecular complexity index is 131. The van der Waals surface area contributed by atoms with Gasteiger partial charge >= 0.3 is 0 Å². The Morgan fingerprint density at radius 2 is 1.57 bits per heavy atom. The maximum Gasteiger partial charge on any atom is 0.00721 e. The van der Waals surface area contributed by atoms with E-state index in [-0.39, 0.29) is 0 Å². The van der Waals surface area contributed by atoms with Crippen LogP contribution in [0.1, 0.15) is 60.8 Å². The van der Waals surface area contributed by atoms with Crippen molar-refractivity contribution in [2.75, 3.05) is 0 Å². The molecule has 3 unspecified atom stereocenters. The Hall–Kier alpha value is -0.0400. The third-order valence-corrected chi connectivity index (χ3v) is 3.17. The first-order valence-corrected chi connectivity index (χ1v) is 6.35. The molecule has 0 aromatic rings. The van der Waals surface area contributed by atoms with E-state index in [2.05, 4.69) is 33.0 Å². The van der Waals surface area contributed by atoms with Crippen LogP contribution in [0.2, 0.25) is 0 Å². The fourth-order valence-corrected chi connectivity index (χ4v) is 2.17. The van der Waals surface area contributed by atoms with Gasteiger partial charge in [0.05, 0.1) is 0 Å². The molecule has 1 fully saturated rings. The second-order valence-electron chi connectivity index (χ2n) is 4.79. The first-order chi connectivity index (χ1) is 6.59. The maximum atomic E-state index is 3.63. The van der Waals surface area contributed by atoms with E-state index in [4.69, 9.17) is 0 Å². The summed E-state index contributed by atoms with van der Waals surface area (Å²) < 4.78 is 0. The lowest BCUT2D eigenvalue weighted by Crippen LogP contribution is -2.39. The van der Waals surface area contributed by atoms with E-state index in [0.29, 0.717) is 6.04 Å². The fourth-order valence-electron chi connectivity index (χ4n) is 2.17. The molecule has 0 aromatic heterocycles. The molecule has 1 aliphatic carbocycles. The number of hydrogen-bond acceptors (Lipinski definition) is 1. The highest BCUT2D eigenvalue weighted by Gasteiger charge is 2.24. The summed E-state index contributed by atoms with van der Waals surface area (Å²) in [7, 11) is 0. The zero-order chi connectivity index (χ0) is 11.1. The molecule has 1 N–H and O–H groups in total. The summed E-state index contributed by atoms with van der Waals surface area (Å²) in [5, 5.41) is 3.63. The molecule has 1 nitrogen and oxygen atoms in total. The average Bonchev–Trinajstić information content (AvgIpc) is 2.14. The lowest BCUT2D eigenvalue weighted by Gasteiger charge is -2.33. The minimum absolute atomic E-state index is 0.649. The Morgan fingerprint density at radius 1 is 1.00 bits per heavy atom. The van der Waals surface area contributed by atoms with Crippen molar-refractivity contribution >= 4 is 0 Å². The molecule has 0 radical (unpaired) electrons. The summed E-state index contributed by atoms with van der Waals surface area (Å²) in [5.74, 6) is 1.85. The molecule has 3 atom stereocenters. The van der Waals surface area contributed by atoms with Gasteiger partial charge in [-0.25, -0.2) is 0 Å². The van der Waals surface area contributed by atoms with E-state index < -0.39 is 0 Å². The highest BCUT2D eigenvalue weighted by molar-refractivity contribution is 4.80. The highest BCUT2D eigenvalue weighted by Crippen LogP contribution is 2.29. The predicted molar refractivity (Wildman–Crippen MR) is 65.6 cm³/mol. The fraction of sp³-hybridized carbons (Fsp3) is 1.00. The molecular weight excluding hydrogens is 170 g/mol. The van der Waals surface area contributed by atoms with Gasteiger partial charge in [-0.1, -0.05) is 41.5 Å². The minimum atomic E-state index is 0.649. The molecule has 1 rings (SSSR count). The second-order valence-corrected chi connectivity index (χ2v) is 4.79. The first-order valence-electron chi connectivity index (χ1n) is 6.35. The summed E-state index contributed by atoms with van der Waals surface area (Å²) in [6.07, 6.45) is 4.16. The lowest BCUT2D eigenvalue weighted by atomic mass is 9.79. The molecule has 0 heterocycles. The van der Waals surface area contributed by atoms with Gasteiger partial charge in [-0.05, 0) is 31.1 Å². The van der Waals surface area contributed by atoms with Gasteiger partial charge in [-0.2, -0.15) is 0 Å². The third kappa shape index (κ3) is 4.99. The number of nitrogens with one attached hydrogen (secondary N) is 1. The topological polar surface area (TPSA) is 12.0 Å². The monoisotopic (exact) mass is 199 g/mol. The van der Waals surface area contributed by atoms with E-state index in [9.17, 15) is 0 Å². The van der Waals surface area contributed by atoms with E-state index in [1.165, 1.54) is 19.3 Å². The molecule has 0 spiro atoms. The molecule has 0 saturated heterocycles. The normalized spacial score (nSPS) is 32.4. The molecule has 1 aliphatic rings. The van der Waals surface area contributed by atoms with Crippen LogP contribution in [0, 0.1) is 11.8 Å². The van der Waals surface area contributed by atoms with Crippen LogP contribution in [0.5, 0.6) is 0 Å². The summed E-state index contributed by atoms with van der Waals surface area (Å²) >= 11 is 0. The van der Waals surface area contributed by atoms with Crippen molar-refractivity contribution in [3.8, 4) is 0 Å². The summed E-state index contributed by atoms with van der Waals surface area (Å²) in [4.78, 5) is 0. The van der Waals surface area contributed by atoms with Crippen LogP contribution in [-0.2, 0) is 0 Å². The molecule has 0 amide bonds. The van der Waals surface area contributed by atoms with Gasteiger partial charge in [-0.15, -0.1) is 0 Å². The van der Waals surface area contributed by atoms with Crippen LogP contribution >= 0.6 is 0 Å². The second kappa shape index (κ2) is 7.28. The van der Waals surface area contributed by atoms with Gasteiger partial charge in [0.15, 0.2) is 0 Å². The largest absolute Gasteiger partial charge is 0.312 e. The van der Waals surface area contributed by atoms with Crippen LogP contribution in [0.25, 0.3) is 0 Å². The van der Waals surface area contributed by atoms with Crippen molar-refractivity contribution < 1.29 is 0 Å². The molecule has 1 saturated carbocycles. The molecule has 0 bridgehead atoms. The van der Waals surface area contributed by atoms with Gasteiger partial charge in [-0.3, -0.25) is 0 Å². The van der Waals surface area contributed by atoms with E-state index in [0.717, 1.165) is 17.9 Å². The van der Waals surface area contributed by atoms with E-state index >= 15 is 0 Å². The quantitative estimate of drug-likeness (QED) is 0.712. The highest BCUT2D eigenvalue weighted by atomic mass is 14.9. The summed E-state index contributed by atoms with van der Waals surface area (Å²) in [6.45, 7) is 13.3. The molecular formula is C13H29N. The van der Waals surface area contributed by atoms with Crippen molar-refractivity contribution in [3.05, 3.63) is 0 Å². The zero-order valence-electron chi connectivity index (χ0n) is 10.9. The van der Waals surface area contributed by atoms with Crippen LogP contribution < -0.4 is 5.32 Å². The maximum absolute atomic E-state index is 3.63. The Kier molecular flexibility index (Phi) is 7.26.